The lowest BCUT2D eigenvalue weighted by Gasteiger charge is -2.09. The maximum absolute atomic E-state index is 12.9. The van der Waals surface area contributed by atoms with Crippen molar-refractivity contribution in [1.82, 2.24) is 15.4 Å². The Kier molecular flexibility index (Phi) is 4.14. The van der Waals surface area contributed by atoms with Gasteiger partial charge in [-0.1, -0.05) is 11.6 Å². The second-order valence-electron chi connectivity index (χ2n) is 4.18. The molecule has 0 spiro atoms. The number of hydrogen-bond acceptors (Lipinski definition) is 4. The van der Waals surface area contributed by atoms with E-state index in [-0.39, 0.29) is 16.5 Å². The van der Waals surface area contributed by atoms with E-state index < -0.39 is 11.7 Å². The molecule has 1 aromatic carbocycles. The molecule has 20 heavy (non-hydrogen) atoms. The van der Waals surface area contributed by atoms with Crippen molar-refractivity contribution in [2.75, 3.05) is 5.43 Å². The van der Waals surface area contributed by atoms with Crippen molar-refractivity contribution >= 4 is 23.5 Å². The molecule has 0 saturated heterocycles. The molecule has 5 nitrogen and oxygen atoms in total. The van der Waals surface area contributed by atoms with Crippen LogP contribution in [0.5, 0.6) is 0 Å². The molecule has 0 radical (unpaired) electrons. The quantitative estimate of drug-likeness (QED) is 0.854. The van der Waals surface area contributed by atoms with Crippen LogP contribution in [0.3, 0.4) is 0 Å². The van der Waals surface area contributed by atoms with Gasteiger partial charge in [-0.05, 0) is 38.1 Å². The third kappa shape index (κ3) is 3.42. The maximum Gasteiger partial charge on any atom is 0.271 e. The molecule has 2 N–H and O–H groups in total. The highest BCUT2D eigenvalue weighted by Crippen LogP contribution is 2.17. The lowest BCUT2D eigenvalue weighted by Crippen LogP contribution is -2.30. The van der Waals surface area contributed by atoms with Crippen molar-refractivity contribution in [1.29, 1.82) is 0 Å². The minimum atomic E-state index is -0.503. The Bertz CT molecular complexity index is 643. The Hall–Kier alpha value is -2.21. The van der Waals surface area contributed by atoms with Gasteiger partial charge in [-0.3, -0.25) is 15.6 Å². The zero-order valence-corrected chi connectivity index (χ0v) is 11.6. The highest BCUT2D eigenvalue weighted by molar-refractivity contribution is 6.33. The van der Waals surface area contributed by atoms with E-state index >= 15 is 0 Å². The van der Waals surface area contributed by atoms with Gasteiger partial charge in [0.2, 0.25) is 5.95 Å². The first-order valence-corrected chi connectivity index (χ1v) is 6.17. The number of rotatable bonds is 3. The van der Waals surface area contributed by atoms with Gasteiger partial charge in [0.1, 0.15) is 5.82 Å². The predicted molar refractivity (Wildman–Crippen MR) is 74.0 cm³/mol. The third-order valence-electron chi connectivity index (χ3n) is 2.45. The number of carbonyl (C=O) groups excluding carboxylic acids is 1. The molecule has 0 fully saturated rings. The number of hydrazine groups is 1. The first kappa shape index (κ1) is 14.2. The normalized spacial score (nSPS) is 10.2. The van der Waals surface area contributed by atoms with Crippen molar-refractivity contribution in [2.24, 2.45) is 0 Å². The van der Waals surface area contributed by atoms with Gasteiger partial charge in [0.15, 0.2) is 0 Å². The van der Waals surface area contributed by atoms with Crippen molar-refractivity contribution in [3.05, 3.63) is 52.1 Å². The van der Waals surface area contributed by atoms with Gasteiger partial charge in [0.25, 0.3) is 5.91 Å². The number of anilines is 1. The first-order valence-electron chi connectivity index (χ1n) is 5.79. The second kappa shape index (κ2) is 5.83. The summed E-state index contributed by atoms with van der Waals surface area (Å²) in [6, 6.07) is 5.35. The van der Waals surface area contributed by atoms with Crippen LogP contribution in [0.1, 0.15) is 21.7 Å². The zero-order valence-electron chi connectivity index (χ0n) is 10.9. The van der Waals surface area contributed by atoms with Gasteiger partial charge in [-0.15, -0.1) is 0 Å². The zero-order chi connectivity index (χ0) is 14.7. The molecule has 2 aromatic rings. The number of nitrogens with one attached hydrogen (secondary N) is 2. The monoisotopic (exact) mass is 294 g/mol. The first-order chi connectivity index (χ1) is 9.45. The Morgan fingerprint density at radius 2 is 1.85 bits per heavy atom. The number of benzene rings is 1. The molecule has 0 unspecified atom stereocenters. The average Bonchev–Trinajstić information content (AvgIpc) is 2.35. The Labute approximate surface area is 120 Å². The summed E-state index contributed by atoms with van der Waals surface area (Å²) in [4.78, 5) is 20.1. The maximum atomic E-state index is 12.9. The van der Waals surface area contributed by atoms with Crippen LogP contribution in [0.2, 0.25) is 5.02 Å². The van der Waals surface area contributed by atoms with E-state index in [9.17, 15) is 9.18 Å². The van der Waals surface area contributed by atoms with Crippen LogP contribution in [-0.2, 0) is 0 Å². The molecule has 0 atom stereocenters. The molecule has 7 heteroatoms. The van der Waals surface area contributed by atoms with E-state index in [1.807, 2.05) is 19.9 Å². The van der Waals surface area contributed by atoms with Crippen molar-refractivity contribution in [3.8, 4) is 0 Å². The smallest absolute Gasteiger partial charge is 0.267 e. The summed E-state index contributed by atoms with van der Waals surface area (Å²) in [6.45, 7) is 3.64. The van der Waals surface area contributed by atoms with E-state index in [1.54, 1.807) is 0 Å². The molecule has 1 amide bonds. The summed E-state index contributed by atoms with van der Waals surface area (Å²) in [5, 5.41) is 0.0330. The Morgan fingerprint density at radius 1 is 1.20 bits per heavy atom. The minimum Gasteiger partial charge on any atom is -0.267 e. The number of carbonyl (C=O) groups is 1. The molecule has 1 heterocycles. The molecule has 1 aromatic heterocycles. The molecule has 0 aliphatic rings. The van der Waals surface area contributed by atoms with Crippen molar-refractivity contribution < 1.29 is 9.18 Å². The van der Waals surface area contributed by atoms with Crippen LogP contribution in [0.4, 0.5) is 10.3 Å². The molecule has 2 rings (SSSR count). The fourth-order valence-corrected chi connectivity index (χ4v) is 1.89. The second-order valence-corrected chi connectivity index (χ2v) is 4.58. The standard InChI is InChI=1S/C13H12ClFN4O/c1-7-5-8(2)17-13(16-7)19-18-12(20)10-4-3-9(15)6-11(10)14/h3-6H,1-2H3,(H,18,20)(H,16,17,19). The fourth-order valence-electron chi connectivity index (χ4n) is 1.64. The minimum absolute atomic E-state index is 0.0330. The molecular formula is C13H12ClFN4O. The Morgan fingerprint density at radius 3 is 2.45 bits per heavy atom. The van der Waals surface area contributed by atoms with Gasteiger partial charge >= 0.3 is 0 Å². The largest absolute Gasteiger partial charge is 0.271 e. The molecule has 104 valence electrons. The highest BCUT2D eigenvalue weighted by atomic mass is 35.5. The summed E-state index contributed by atoms with van der Waals surface area (Å²) in [7, 11) is 0. The average molecular weight is 295 g/mol. The van der Waals surface area contributed by atoms with Gasteiger partial charge in [0, 0.05) is 11.4 Å². The van der Waals surface area contributed by atoms with E-state index in [2.05, 4.69) is 20.8 Å². The van der Waals surface area contributed by atoms with Crippen LogP contribution in [-0.4, -0.2) is 15.9 Å². The van der Waals surface area contributed by atoms with E-state index in [0.29, 0.717) is 0 Å². The summed E-state index contributed by atoms with van der Waals surface area (Å²) in [5.74, 6) is -0.732. The van der Waals surface area contributed by atoms with E-state index in [4.69, 9.17) is 11.6 Å². The van der Waals surface area contributed by atoms with Crippen molar-refractivity contribution in [3.63, 3.8) is 0 Å². The lowest BCUT2D eigenvalue weighted by molar-refractivity contribution is 0.0962. The topological polar surface area (TPSA) is 66.9 Å². The van der Waals surface area contributed by atoms with Gasteiger partial charge in [-0.2, -0.15) is 0 Å². The molecule has 0 bridgehead atoms. The number of amides is 1. The van der Waals surface area contributed by atoms with E-state index in [0.717, 1.165) is 23.5 Å². The van der Waals surface area contributed by atoms with E-state index in [1.165, 1.54) is 6.07 Å². The third-order valence-corrected chi connectivity index (χ3v) is 2.76. The van der Waals surface area contributed by atoms with Gasteiger partial charge in [-0.25, -0.2) is 14.4 Å². The predicted octanol–water partition coefficient (Wildman–Crippen LogP) is 2.64. The summed E-state index contributed by atoms with van der Waals surface area (Å²) in [5.41, 5.74) is 6.70. The molecular weight excluding hydrogens is 283 g/mol. The molecule has 0 saturated carbocycles. The summed E-state index contributed by atoms with van der Waals surface area (Å²) < 4.78 is 12.9. The van der Waals surface area contributed by atoms with Crippen molar-refractivity contribution in [2.45, 2.75) is 13.8 Å². The molecule has 0 aliphatic heterocycles. The SMILES string of the molecule is Cc1cc(C)nc(NNC(=O)c2ccc(F)cc2Cl)n1. The summed E-state index contributed by atoms with van der Waals surface area (Å²) in [6.07, 6.45) is 0. The van der Waals surface area contributed by atoms with Crippen LogP contribution in [0.15, 0.2) is 24.3 Å². The number of nitrogens with zero attached hydrogens (tertiary/aromatic N) is 2. The summed E-state index contributed by atoms with van der Waals surface area (Å²) >= 11 is 5.80. The number of halogens is 2. The fraction of sp³-hybridized carbons (Fsp3) is 0.154. The van der Waals surface area contributed by atoms with Crippen LogP contribution in [0, 0.1) is 19.7 Å². The highest BCUT2D eigenvalue weighted by Gasteiger charge is 2.11. The lowest BCUT2D eigenvalue weighted by atomic mass is 10.2. The van der Waals surface area contributed by atoms with Crippen LogP contribution in [0.25, 0.3) is 0 Å². The molecule has 0 aliphatic carbocycles. The van der Waals surface area contributed by atoms with Crippen LogP contribution >= 0.6 is 11.6 Å². The van der Waals surface area contributed by atoms with Crippen LogP contribution < -0.4 is 10.9 Å². The number of hydrogen-bond donors (Lipinski definition) is 2. The van der Waals surface area contributed by atoms with Gasteiger partial charge in [0.05, 0.1) is 10.6 Å². The number of aromatic nitrogens is 2. The Balaban J connectivity index is 2.08. The number of aryl methyl sites for hydroxylation is 2. The van der Waals surface area contributed by atoms with Gasteiger partial charge < -0.3 is 0 Å².